The molecule has 0 radical (unpaired) electrons. The first kappa shape index (κ1) is 17.1. The van der Waals surface area contributed by atoms with E-state index in [0.29, 0.717) is 12.1 Å². The number of aliphatic hydroxyl groups excluding tert-OH is 1. The lowest BCUT2D eigenvalue weighted by molar-refractivity contribution is -0.123. The van der Waals surface area contributed by atoms with Gasteiger partial charge in [-0.25, -0.2) is 4.90 Å². The van der Waals surface area contributed by atoms with Gasteiger partial charge in [0, 0.05) is 12.6 Å². The molecule has 0 bridgehead atoms. The lowest BCUT2D eigenvalue weighted by Crippen LogP contribution is -2.50. The monoisotopic (exact) mass is 330 g/mol. The number of imide groups is 1. The summed E-state index contributed by atoms with van der Waals surface area (Å²) in [4.78, 5) is 29.1. The van der Waals surface area contributed by atoms with E-state index >= 15 is 0 Å². The van der Waals surface area contributed by atoms with Gasteiger partial charge in [-0.2, -0.15) is 0 Å². The van der Waals surface area contributed by atoms with E-state index in [9.17, 15) is 14.7 Å². The van der Waals surface area contributed by atoms with Gasteiger partial charge in [0.05, 0.1) is 18.2 Å². The second-order valence-electron chi connectivity index (χ2n) is 7.03. The van der Waals surface area contributed by atoms with E-state index in [4.69, 9.17) is 0 Å². The average Bonchev–Trinajstić information content (AvgIpc) is 2.82. The molecule has 2 aliphatic rings. The van der Waals surface area contributed by atoms with Crippen LogP contribution < -0.4 is 4.90 Å². The first-order valence-corrected chi connectivity index (χ1v) is 8.83. The average molecular weight is 330 g/mol. The van der Waals surface area contributed by atoms with Crippen LogP contribution in [0.3, 0.4) is 0 Å². The van der Waals surface area contributed by atoms with E-state index in [1.165, 1.54) is 4.90 Å². The Morgan fingerprint density at radius 2 is 1.83 bits per heavy atom. The second kappa shape index (κ2) is 7.03. The summed E-state index contributed by atoms with van der Waals surface area (Å²) in [5.41, 5.74) is 2.77. The molecule has 2 atom stereocenters. The molecule has 1 aromatic carbocycles. The van der Waals surface area contributed by atoms with E-state index in [1.54, 1.807) is 0 Å². The fourth-order valence-electron chi connectivity index (χ4n) is 4.12. The van der Waals surface area contributed by atoms with Crippen molar-refractivity contribution in [3.63, 3.8) is 0 Å². The van der Waals surface area contributed by atoms with Gasteiger partial charge < -0.3 is 5.11 Å². The predicted molar refractivity (Wildman–Crippen MR) is 92.9 cm³/mol. The molecule has 2 fully saturated rings. The van der Waals surface area contributed by atoms with Gasteiger partial charge in [-0.3, -0.25) is 14.5 Å². The van der Waals surface area contributed by atoms with Crippen molar-refractivity contribution in [1.29, 1.82) is 0 Å². The smallest absolute Gasteiger partial charge is 0.251 e. The highest BCUT2D eigenvalue weighted by molar-refractivity contribution is 6.22. The third-order valence-corrected chi connectivity index (χ3v) is 5.12. The quantitative estimate of drug-likeness (QED) is 0.860. The Balaban J connectivity index is 1.85. The summed E-state index contributed by atoms with van der Waals surface area (Å²) >= 11 is 0. The van der Waals surface area contributed by atoms with Crippen molar-refractivity contribution in [2.24, 2.45) is 0 Å². The molecule has 1 aromatic rings. The molecule has 2 aliphatic heterocycles. The number of benzene rings is 1. The summed E-state index contributed by atoms with van der Waals surface area (Å²) in [5, 5.41) is 9.30. The lowest BCUT2D eigenvalue weighted by atomic mass is 9.97. The molecular weight excluding hydrogens is 304 g/mol. The zero-order chi connectivity index (χ0) is 17.3. The summed E-state index contributed by atoms with van der Waals surface area (Å²) in [7, 11) is 0. The number of aliphatic hydroxyl groups is 1. The van der Waals surface area contributed by atoms with Crippen molar-refractivity contribution >= 4 is 17.5 Å². The second-order valence-corrected chi connectivity index (χ2v) is 7.03. The van der Waals surface area contributed by atoms with E-state index in [0.717, 1.165) is 36.9 Å². The van der Waals surface area contributed by atoms with Gasteiger partial charge in [-0.1, -0.05) is 12.5 Å². The molecular formula is C19H26N2O3. The number of nitrogens with zero attached hydrogens (tertiary/aromatic N) is 2. The number of carbonyl (C=O) groups excluding carboxylic acids is 2. The molecule has 130 valence electrons. The van der Waals surface area contributed by atoms with E-state index in [1.807, 2.05) is 32.0 Å². The number of hydrogen-bond donors (Lipinski definition) is 1. The molecule has 5 nitrogen and oxygen atoms in total. The SMILES string of the molecule is Cc1cc(C)cc(N2C(=O)CC(N3CCCCC3CCO)C2=O)c1. The third-order valence-electron chi connectivity index (χ3n) is 5.12. The maximum absolute atomic E-state index is 13.0. The van der Waals surface area contributed by atoms with Gasteiger partial charge >= 0.3 is 0 Å². The van der Waals surface area contributed by atoms with Crippen LogP contribution in [0.5, 0.6) is 0 Å². The zero-order valence-electron chi connectivity index (χ0n) is 14.5. The molecule has 2 saturated heterocycles. The van der Waals surface area contributed by atoms with Crippen molar-refractivity contribution in [2.45, 2.75) is 58.0 Å². The van der Waals surface area contributed by atoms with Crippen molar-refractivity contribution in [2.75, 3.05) is 18.1 Å². The summed E-state index contributed by atoms with van der Waals surface area (Å²) in [6.07, 6.45) is 4.07. The van der Waals surface area contributed by atoms with Crippen LogP contribution in [0, 0.1) is 13.8 Å². The van der Waals surface area contributed by atoms with Gasteiger partial charge in [-0.15, -0.1) is 0 Å². The van der Waals surface area contributed by atoms with Crippen LogP contribution >= 0.6 is 0 Å². The van der Waals surface area contributed by atoms with Crippen molar-refractivity contribution in [3.05, 3.63) is 29.3 Å². The number of piperidine rings is 1. The minimum absolute atomic E-state index is 0.116. The lowest BCUT2D eigenvalue weighted by Gasteiger charge is -2.38. The minimum Gasteiger partial charge on any atom is -0.396 e. The number of anilines is 1. The van der Waals surface area contributed by atoms with Crippen LogP contribution in [0.15, 0.2) is 18.2 Å². The highest BCUT2D eigenvalue weighted by atomic mass is 16.3. The number of aryl methyl sites for hydroxylation is 2. The Kier molecular flexibility index (Phi) is 5.01. The Bertz CT molecular complexity index is 621. The Hall–Kier alpha value is -1.72. The topological polar surface area (TPSA) is 60.9 Å². The maximum Gasteiger partial charge on any atom is 0.251 e. The van der Waals surface area contributed by atoms with Crippen LogP contribution in [0.4, 0.5) is 5.69 Å². The largest absolute Gasteiger partial charge is 0.396 e. The molecule has 24 heavy (non-hydrogen) atoms. The van der Waals surface area contributed by atoms with Gasteiger partial charge in [0.2, 0.25) is 5.91 Å². The van der Waals surface area contributed by atoms with E-state index in [2.05, 4.69) is 4.90 Å². The van der Waals surface area contributed by atoms with Gasteiger partial charge in [0.1, 0.15) is 0 Å². The molecule has 0 spiro atoms. The van der Waals surface area contributed by atoms with E-state index < -0.39 is 0 Å². The summed E-state index contributed by atoms with van der Waals surface area (Å²) in [6.45, 7) is 4.90. The standard InChI is InChI=1S/C19H26N2O3/c1-13-9-14(2)11-16(10-13)21-18(23)12-17(19(21)24)20-7-4-3-5-15(20)6-8-22/h9-11,15,17,22H,3-8,12H2,1-2H3. The van der Waals surface area contributed by atoms with Gasteiger partial charge in [0.25, 0.3) is 5.91 Å². The highest BCUT2D eigenvalue weighted by Gasteiger charge is 2.44. The summed E-state index contributed by atoms with van der Waals surface area (Å²) in [6, 6.07) is 5.65. The molecule has 1 N–H and O–H groups in total. The Morgan fingerprint density at radius 1 is 1.12 bits per heavy atom. The maximum atomic E-state index is 13.0. The number of hydrogen-bond acceptors (Lipinski definition) is 4. The fourth-order valence-corrected chi connectivity index (χ4v) is 4.12. The molecule has 0 aliphatic carbocycles. The van der Waals surface area contributed by atoms with Crippen LogP contribution in [0.25, 0.3) is 0 Å². The van der Waals surface area contributed by atoms with Crippen molar-refractivity contribution in [3.8, 4) is 0 Å². The van der Waals surface area contributed by atoms with Crippen molar-refractivity contribution in [1.82, 2.24) is 4.90 Å². The van der Waals surface area contributed by atoms with Gasteiger partial charge in [-0.05, 0) is 62.9 Å². The molecule has 0 aromatic heterocycles. The van der Waals surface area contributed by atoms with Crippen molar-refractivity contribution < 1.29 is 14.7 Å². The number of likely N-dealkylation sites (tertiary alicyclic amines) is 1. The van der Waals surface area contributed by atoms with Crippen LogP contribution in [-0.4, -0.2) is 47.1 Å². The molecule has 3 rings (SSSR count). The first-order chi connectivity index (χ1) is 11.5. The molecule has 2 amide bonds. The van der Waals surface area contributed by atoms with Gasteiger partial charge in [0.15, 0.2) is 0 Å². The molecule has 2 unspecified atom stereocenters. The fraction of sp³-hybridized carbons (Fsp3) is 0.579. The first-order valence-electron chi connectivity index (χ1n) is 8.83. The minimum atomic E-state index is -0.379. The number of carbonyl (C=O) groups is 2. The Labute approximate surface area is 143 Å². The van der Waals surface area contributed by atoms with Crippen LogP contribution in [0.1, 0.15) is 43.2 Å². The predicted octanol–water partition coefficient (Wildman–Crippen LogP) is 2.17. The molecule has 2 heterocycles. The summed E-state index contributed by atoms with van der Waals surface area (Å²) < 4.78 is 0. The highest BCUT2D eigenvalue weighted by Crippen LogP contribution is 2.31. The zero-order valence-corrected chi connectivity index (χ0v) is 14.5. The summed E-state index contributed by atoms with van der Waals surface area (Å²) in [5.74, 6) is -0.238. The van der Waals surface area contributed by atoms with E-state index in [-0.39, 0.29) is 36.9 Å². The van der Waals surface area contributed by atoms with Crippen LogP contribution in [0.2, 0.25) is 0 Å². The Morgan fingerprint density at radius 3 is 2.50 bits per heavy atom. The normalized spacial score (nSPS) is 25.5. The number of amides is 2. The number of rotatable bonds is 4. The molecule has 0 saturated carbocycles. The molecule has 5 heteroatoms. The third kappa shape index (κ3) is 3.23. The van der Waals surface area contributed by atoms with Crippen LogP contribution in [-0.2, 0) is 9.59 Å².